The van der Waals surface area contributed by atoms with Crippen molar-refractivity contribution in [3.8, 4) is 5.75 Å². The van der Waals surface area contributed by atoms with E-state index in [-0.39, 0.29) is 11.8 Å². The summed E-state index contributed by atoms with van der Waals surface area (Å²) in [6.07, 6.45) is 5.14. The molecule has 1 aliphatic heterocycles. The molecule has 1 aliphatic rings. The van der Waals surface area contributed by atoms with Crippen molar-refractivity contribution in [3.05, 3.63) is 53.9 Å². The first-order chi connectivity index (χ1) is 13.1. The maximum Gasteiger partial charge on any atom is 0.257 e. The minimum Gasteiger partial charge on any atom is -0.492 e. The van der Waals surface area contributed by atoms with Crippen LogP contribution >= 0.6 is 0 Å². The van der Waals surface area contributed by atoms with E-state index in [2.05, 4.69) is 17.2 Å². The molecule has 1 aromatic heterocycles. The summed E-state index contributed by atoms with van der Waals surface area (Å²) in [7, 11) is 0. The van der Waals surface area contributed by atoms with Gasteiger partial charge >= 0.3 is 0 Å². The zero-order valence-corrected chi connectivity index (χ0v) is 15.8. The number of rotatable bonds is 5. The molecule has 0 radical (unpaired) electrons. The third kappa shape index (κ3) is 4.64. The third-order valence-electron chi connectivity index (χ3n) is 4.63. The number of aromatic nitrogens is 1. The number of nitrogens with zero attached hydrogens (tertiary/aromatic N) is 2. The zero-order chi connectivity index (χ0) is 19.2. The van der Waals surface area contributed by atoms with Gasteiger partial charge in [0.05, 0.1) is 23.4 Å². The predicted molar refractivity (Wildman–Crippen MR) is 104 cm³/mol. The molecule has 2 heterocycles. The second-order valence-corrected chi connectivity index (χ2v) is 6.84. The summed E-state index contributed by atoms with van der Waals surface area (Å²) in [4.78, 5) is 31.3. The van der Waals surface area contributed by atoms with E-state index in [9.17, 15) is 9.59 Å². The van der Waals surface area contributed by atoms with Crippen LogP contribution in [0.3, 0.4) is 0 Å². The maximum absolute atomic E-state index is 12.8. The summed E-state index contributed by atoms with van der Waals surface area (Å²) in [6, 6.07) is 8.86. The van der Waals surface area contributed by atoms with Crippen molar-refractivity contribution in [2.75, 3.05) is 25.0 Å². The van der Waals surface area contributed by atoms with Gasteiger partial charge in [0.1, 0.15) is 5.75 Å². The zero-order valence-electron chi connectivity index (χ0n) is 15.8. The molecule has 6 heteroatoms. The number of benzene rings is 1. The minimum atomic E-state index is -0.323. The predicted octanol–water partition coefficient (Wildman–Crippen LogP) is 3.60. The monoisotopic (exact) mass is 367 g/mol. The van der Waals surface area contributed by atoms with E-state index in [4.69, 9.17) is 4.74 Å². The molecule has 6 nitrogen and oxygen atoms in total. The number of ether oxygens (including phenoxy) is 1. The van der Waals surface area contributed by atoms with Gasteiger partial charge in [-0.3, -0.25) is 14.6 Å². The molecule has 0 bridgehead atoms. The molecule has 1 atom stereocenters. The molecule has 1 N–H and O–H groups in total. The number of carbonyl (C=O) groups excluding carboxylic acids is 2. The highest BCUT2D eigenvalue weighted by Crippen LogP contribution is 2.24. The minimum absolute atomic E-state index is 0.0709. The Morgan fingerprint density at radius 1 is 1.26 bits per heavy atom. The molecule has 1 fully saturated rings. The van der Waals surface area contributed by atoms with Crippen LogP contribution in [-0.2, 0) is 0 Å². The molecular weight excluding hydrogens is 342 g/mol. The topological polar surface area (TPSA) is 71.5 Å². The molecule has 0 saturated carbocycles. The van der Waals surface area contributed by atoms with E-state index in [1.165, 1.54) is 12.4 Å². The summed E-state index contributed by atoms with van der Waals surface area (Å²) in [5, 5.41) is 2.84. The Hall–Kier alpha value is -2.89. The average Bonchev–Trinajstić information content (AvgIpc) is 2.69. The summed E-state index contributed by atoms with van der Waals surface area (Å²) in [6.45, 7) is 6.04. The van der Waals surface area contributed by atoms with Crippen molar-refractivity contribution in [1.82, 2.24) is 9.88 Å². The fraction of sp³-hybridized carbons (Fsp3) is 0.381. The first kappa shape index (κ1) is 18.9. The fourth-order valence-corrected chi connectivity index (χ4v) is 3.28. The lowest BCUT2D eigenvalue weighted by molar-refractivity contribution is 0.0682. The first-order valence-electron chi connectivity index (χ1n) is 9.36. The Bertz CT molecular complexity index is 822. The van der Waals surface area contributed by atoms with Crippen molar-refractivity contribution in [1.29, 1.82) is 0 Å². The molecule has 142 valence electrons. The number of anilines is 1. The summed E-state index contributed by atoms with van der Waals surface area (Å²) in [5.41, 5.74) is 1.37. The summed E-state index contributed by atoms with van der Waals surface area (Å²) >= 11 is 0. The molecule has 3 rings (SSSR count). The van der Waals surface area contributed by atoms with Crippen LogP contribution in [0.25, 0.3) is 0 Å². The van der Waals surface area contributed by atoms with E-state index in [1.807, 2.05) is 24.0 Å². The second kappa shape index (κ2) is 8.66. The number of hydrogen-bond donors (Lipinski definition) is 1. The number of piperidine rings is 1. The molecule has 1 unspecified atom stereocenters. The highest BCUT2D eigenvalue weighted by Gasteiger charge is 2.23. The van der Waals surface area contributed by atoms with Crippen LogP contribution in [0.4, 0.5) is 5.69 Å². The van der Waals surface area contributed by atoms with Crippen LogP contribution in [0, 0.1) is 5.92 Å². The molecule has 27 heavy (non-hydrogen) atoms. The van der Waals surface area contributed by atoms with Crippen molar-refractivity contribution < 1.29 is 14.3 Å². The largest absolute Gasteiger partial charge is 0.492 e. The van der Waals surface area contributed by atoms with Crippen LogP contribution in [0.15, 0.2) is 42.7 Å². The number of pyridine rings is 1. The highest BCUT2D eigenvalue weighted by atomic mass is 16.5. The Morgan fingerprint density at radius 3 is 2.81 bits per heavy atom. The molecular formula is C21H25N3O3. The van der Waals surface area contributed by atoms with Gasteiger partial charge in [-0.2, -0.15) is 0 Å². The summed E-state index contributed by atoms with van der Waals surface area (Å²) < 4.78 is 5.53. The standard InChI is InChI=1S/C21H25N3O3/c1-3-27-19-9-5-4-8-18(19)23-20(25)16-11-17(13-22-12-16)21(26)24-10-6-7-15(2)14-24/h4-5,8-9,11-13,15H,3,6-7,10,14H2,1-2H3,(H,23,25). The van der Waals surface area contributed by atoms with Crippen LogP contribution in [0.2, 0.25) is 0 Å². The third-order valence-corrected chi connectivity index (χ3v) is 4.63. The van der Waals surface area contributed by atoms with E-state index >= 15 is 0 Å². The lowest BCUT2D eigenvalue weighted by Crippen LogP contribution is -2.39. The molecule has 1 saturated heterocycles. The Kier molecular flexibility index (Phi) is 6.06. The second-order valence-electron chi connectivity index (χ2n) is 6.84. The maximum atomic E-state index is 12.8. The van der Waals surface area contributed by atoms with Crippen molar-refractivity contribution in [3.63, 3.8) is 0 Å². The van der Waals surface area contributed by atoms with Gasteiger partial charge in [-0.1, -0.05) is 19.1 Å². The smallest absolute Gasteiger partial charge is 0.257 e. The van der Waals surface area contributed by atoms with Crippen LogP contribution < -0.4 is 10.1 Å². The molecule has 0 spiro atoms. The van der Waals surface area contributed by atoms with Gasteiger partial charge in [-0.05, 0) is 43.9 Å². The summed E-state index contributed by atoms with van der Waals surface area (Å²) in [5.74, 6) is 0.711. The first-order valence-corrected chi connectivity index (χ1v) is 9.36. The Labute approximate surface area is 159 Å². The van der Waals surface area contributed by atoms with Gasteiger partial charge in [0.25, 0.3) is 11.8 Å². The molecule has 1 aromatic carbocycles. The van der Waals surface area contributed by atoms with Crippen LogP contribution in [0.5, 0.6) is 5.75 Å². The van der Waals surface area contributed by atoms with E-state index in [1.54, 1.807) is 18.2 Å². The van der Waals surface area contributed by atoms with Gasteiger partial charge in [0.2, 0.25) is 0 Å². The number of nitrogens with one attached hydrogen (secondary N) is 1. The molecule has 2 aromatic rings. The van der Waals surface area contributed by atoms with Crippen molar-refractivity contribution in [2.45, 2.75) is 26.7 Å². The lowest BCUT2D eigenvalue weighted by Gasteiger charge is -2.31. The number of carbonyl (C=O) groups is 2. The quantitative estimate of drug-likeness (QED) is 0.876. The van der Waals surface area contributed by atoms with Gasteiger partial charge in [0.15, 0.2) is 0 Å². The highest BCUT2D eigenvalue weighted by molar-refractivity contribution is 6.06. The van der Waals surface area contributed by atoms with Gasteiger partial charge in [-0.15, -0.1) is 0 Å². The molecule has 0 aliphatic carbocycles. The fourth-order valence-electron chi connectivity index (χ4n) is 3.28. The Balaban J connectivity index is 1.75. The van der Waals surface area contributed by atoms with Gasteiger partial charge in [-0.25, -0.2) is 0 Å². The van der Waals surface area contributed by atoms with Crippen LogP contribution in [-0.4, -0.2) is 41.4 Å². The lowest BCUT2D eigenvalue weighted by atomic mass is 9.99. The Morgan fingerprint density at radius 2 is 2.04 bits per heavy atom. The number of amides is 2. The van der Waals surface area contributed by atoms with E-state index < -0.39 is 0 Å². The normalized spacial score (nSPS) is 16.7. The number of para-hydroxylation sites is 2. The van der Waals surface area contributed by atoms with E-state index in [0.29, 0.717) is 35.1 Å². The van der Waals surface area contributed by atoms with Gasteiger partial charge < -0.3 is 15.0 Å². The van der Waals surface area contributed by atoms with Crippen molar-refractivity contribution in [2.24, 2.45) is 5.92 Å². The number of hydrogen-bond acceptors (Lipinski definition) is 4. The number of likely N-dealkylation sites (tertiary alicyclic amines) is 1. The average molecular weight is 367 g/mol. The van der Waals surface area contributed by atoms with E-state index in [0.717, 1.165) is 25.9 Å². The van der Waals surface area contributed by atoms with Crippen molar-refractivity contribution >= 4 is 17.5 Å². The molecule has 2 amide bonds. The SMILES string of the molecule is CCOc1ccccc1NC(=O)c1cncc(C(=O)N2CCCC(C)C2)c1. The van der Waals surface area contributed by atoms with Gasteiger partial charge in [0, 0.05) is 25.5 Å². The van der Waals surface area contributed by atoms with Crippen LogP contribution in [0.1, 0.15) is 47.4 Å².